The minimum Gasteiger partial charge on any atom is -0.366 e. The molecule has 1 N–H and O–H groups in total. The van der Waals surface area contributed by atoms with Crippen molar-refractivity contribution in [2.24, 2.45) is 0 Å². The summed E-state index contributed by atoms with van der Waals surface area (Å²) >= 11 is 0. The third kappa shape index (κ3) is 1.96. The van der Waals surface area contributed by atoms with Crippen molar-refractivity contribution in [2.75, 3.05) is 31.1 Å². The fraction of sp³-hybridized carbons (Fsp3) is 0.615. The summed E-state index contributed by atoms with van der Waals surface area (Å²) < 4.78 is 2.09. The summed E-state index contributed by atoms with van der Waals surface area (Å²) in [5, 5.41) is 11.8. The van der Waals surface area contributed by atoms with E-state index in [0.717, 1.165) is 44.1 Å². The summed E-state index contributed by atoms with van der Waals surface area (Å²) in [5.41, 5.74) is 3.48. The molecule has 19 heavy (non-hydrogen) atoms. The Morgan fingerprint density at radius 1 is 1.16 bits per heavy atom. The van der Waals surface area contributed by atoms with Crippen molar-refractivity contribution in [1.29, 1.82) is 0 Å². The van der Waals surface area contributed by atoms with Crippen molar-refractivity contribution >= 4 is 11.5 Å². The van der Waals surface area contributed by atoms with E-state index in [4.69, 9.17) is 0 Å². The maximum Gasteiger partial charge on any atom is 0.255 e. The van der Waals surface area contributed by atoms with Gasteiger partial charge in [-0.05, 0) is 13.8 Å². The lowest BCUT2D eigenvalue weighted by Crippen LogP contribution is -2.44. The SMILES string of the molecule is CCc1nnc2nc(C)c(N3CCNCC3)c(C)n12. The number of piperazine rings is 1. The molecule has 1 aliphatic heterocycles. The first kappa shape index (κ1) is 12.3. The van der Waals surface area contributed by atoms with E-state index in [1.165, 1.54) is 11.4 Å². The second kappa shape index (κ2) is 4.77. The second-order valence-corrected chi connectivity index (χ2v) is 4.97. The molecule has 0 atom stereocenters. The average Bonchev–Trinajstić information content (AvgIpc) is 2.83. The molecule has 3 rings (SSSR count). The van der Waals surface area contributed by atoms with E-state index >= 15 is 0 Å². The van der Waals surface area contributed by atoms with Crippen LogP contribution >= 0.6 is 0 Å². The lowest BCUT2D eigenvalue weighted by Gasteiger charge is -2.31. The monoisotopic (exact) mass is 260 g/mol. The fourth-order valence-electron chi connectivity index (χ4n) is 2.87. The van der Waals surface area contributed by atoms with Gasteiger partial charge in [-0.1, -0.05) is 6.92 Å². The van der Waals surface area contributed by atoms with Crippen LogP contribution in [0.25, 0.3) is 5.78 Å². The normalized spacial score (nSPS) is 16.3. The lowest BCUT2D eigenvalue weighted by atomic mass is 10.2. The van der Waals surface area contributed by atoms with Gasteiger partial charge in [-0.2, -0.15) is 0 Å². The van der Waals surface area contributed by atoms with Crippen LogP contribution in [0.1, 0.15) is 24.1 Å². The molecule has 2 aromatic rings. The number of hydrogen-bond acceptors (Lipinski definition) is 5. The summed E-state index contributed by atoms with van der Waals surface area (Å²) in [7, 11) is 0. The zero-order chi connectivity index (χ0) is 13.4. The van der Waals surface area contributed by atoms with Gasteiger partial charge in [0.1, 0.15) is 5.82 Å². The quantitative estimate of drug-likeness (QED) is 0.862. The molecule has 0 aromatic carbocycles. The van der Waals surface area contributed by atoms with E-state index in [-0.39, 0.29) is 0 Å². The number of nitrogens with one attached hydrogen (secondary N) is 1. The van der Waals surface area contributed by atoms with Crippen molar-refractivity contribution in [3.63, 3.8) is 0 Å². The third-order valence-corrected chi connectivity index (χ3v) is 3.75. The van der Waals surface area contributed by atoms with Crippen molar-refractivity contribution in [3.05, 3.63) is 17.2 Å². The van der Waals surface area contributed by atoms with Gasteiger partial charge in [0.2, 0.25) is 0 Å². The molecule has 0 unspecified atom stereocenters. The van der Waals surface area contributed by atoms with E-state index in [0.29, 0.717) is 5.78 Å². The van der Waals surface area contributed by atoms with Crippen LogP contribution in [0, 0.1) is 13.8 Å². The maximum atomic E-state index is 4.61. The number of fused-ring (bicyclic) bond motifs is 1. The van der Waals surface area contributed by atoms with Gasteiger partial charge in [0.25, 0.3) is 5.78 Å². The molecule has 1 aliphatic rings. The van der Waals surface area contributed by atoms with Crippen LogP contribution in [0.15, 0.2) is 0 Å². The number of rotatable bonds is 2. The molecule has 0 amide bonds. The number of anilines is 1. The van der Waals surface area contributed by atoms with Crippen LogP contribution < -0.4 is 10.2 Å². The standard InChI is InChI=1S/C13H20N6/c1-4-11-16-17-13-15-9(2)12(10(3)19(11)13)18-7-5-14-6-8-18/h14H,4-8H2,1-3H3. The topological polar surface area (TPSA) is 58.4 Å². The smallest absolute Gasteiger partial charge is 0.255 e. The van der Waals surface area contributed by atoms with Crippen molar-refractivity contribution in [2.45, 2.75) is 27.2 Å². The summed E-state index contributed by atoms with van der Waals surface area (Å²) in [6, 6.07) is 0. The Kier molecular flexibility index (Phi) is 3.10. The summed E-state index contributed by atoms with van der Waals surface area (Å²) in [5.74, 6) is 1.70. The van der Waals surface area contributed by atoms with Gasteiger partial charge < -0.3 is 10.2 Å². The van der Waals surface area contributed by atoms with Gasteiger partial charge in [-0.25, -0.2) is 4.98 Å². The first-order valence-electron chi connectivity index (χ1n) is 6.89. The molecule has 3 heterocycles. The molecule has 6 nitrogen and oxygen atoms in total. The van der Waals surface area contributed by atoms with Crippen LogP contribution in [0.5, 0.6) is 0 Å². The minimum atomic E-state index is 0.714. The van der Waals surface area contributed by atoms with Crippen LogP contribution in [-0.4, -0.2) is 45.8 Å². The lowest BCUT2D eigenvalue weighted by molar-refractivity contribution is 0.585. The number of hydrogen-bond donors (Lipinski definition) is 1. The zero-order valence-corrected chi connectivity index (χ0v) is 11.8. The Morgan fingerprint density at radius 3 is 2.58 bits per heavy atom. The Hall–Kier alpha value is -1.69. The number of aromatic nitrogens is 4. The number of aryl methyl sites for hydroxylation is 3. The predicted octanol–water partition coefficient (Wildman–Crippen LogP) is 0.713. The molecule has 0 bridgehead atoms. The van der Waals surface area contributed by atoms with Crippen LogP contribution in [0.4, 0.5) is 5.69 Å². The molecule has 102 valence electrons. The van der Waals surface area contributed by atoms with Crippen LogP contribution in [0.2, 0.25) is 0 Å². The molecule has 0 aliphatic carbocycles. The van der Waals surface area contributed by atoms with Crippen molar-refractivity contribution in [1.82, 2.24) is 24.9 Å². The van der Waals surface area contributed by atoms with Gasteiger partial charge in [0.05, 0.1) is 11.4 Å². The fourth-order valence-corrected chi connectivity index (χ4v) is 2.87. The zero-order valence-electron chi connectivity index (χ0n) is 11.8. The van der Waals surface area contributed by atoms with Gasteiger partial charge in [-0.15, -0.1) is 10.2 Å². The predicted molar refractivity (Wildman–Crippen MR) is 74.7 cm³/mol. The summed E-state index contributed by atoms with van der Waals surface area (Å²) in [4.78, 5) is 7.02. The van der Waals surface area contributed by atoms with Crippen LogP contribution in [-0.2, 0) is 6.42 Å². The van der Waals surface area contributed by atoms with Gasteiger partial charge in [-0.3, -0.25) is 4.40 Å². The summed E-state index contributed by atoms with van der Waals surface area (Å²) in [6.07, 6.45) is 0.869. The third-order valence-electron chi connectivity index (χ3n) is 3.75. The molecule has 0 radical (unpaired) electrons. The van der Waals surface area contributed by atoms with E-state index in [9.17, 15) is 0 Å². The molecular formula is C13H20N6. The van der Waals surface area contributed by atoms with Crippen molar-refractivity contribution in [3.8, 4) is 0 Å². The Morgan fingerprint density at radius 2 is 1.89 bits per heavy atom. The van der Waals surface area contributed by atoms with E-state index in [1.54, 1.807) is 0 Å². The van der Waals surface area contributed by atoms with Gasteiger partial charge >= 0.3 is 0 Å². The minimum absolute atomic E-state index is 0.714. The van der Waals surface area contributed by atoms with Gasteiger partial charge in [0, 0.05) is 38.3 Å². The highest BCUT2D eigenvalue weighted by Gasteiger charge is 2.19. The second-order valence-electron chi connectivity index (χ2n) is 4.97. The first-order valence-corrected chi connectivity index (χ1v) is 6.89. The number of nitrogens with zero attached hydrogens (tertiary/aromatic N) is 5. The highest BCUT2D eigenvalue weighted by Crippen LogP contribution is 2.25. The largest absolute Gasteiger partial charge is 0.366 e. The molecule has 2 aromatic heterocycles. The van der Waals surface area contributed by atoms with Crippen molar-refractivity contribution < 1.29 is 0 Å². The molecule has 6 heteroatoms. The van der Waals surface area contributed by atoms with E-state index in [1.807, 2.05) is 0 Å². The van der Waals surface area contributed by atoms with E-state index < -0.39 is 0 Å². The Bertz CT molecular complexity index is 597. The van der Waals surface area contributed by atoms with Gasteiger partial charge in [0.15, 0.2) is 0 Å². The highest BCUT2D eigenvalue weighted by atomic mass is 15.3. The van der Waals surface area contributed by atoms with E-state index in [2.05, 4.69) is 50.6 Å². The average molecular weight is 260 g/mol. The maximum absolute atomic E-state index is 4.61. The summed E-state index contributed by atoms with van der Waals surface area (Å²) in [6.45, 7) is 10.4. The molecule has 0 spiro atoms. The Labute approximate surface area is 112 Å². The first-order chi connectivity index (χ1) is 9.22. The molecule has 1 fully saturated rings. The highest BCUT2D eigenvalue weighted by molar-refractivity contribution is 5.58. The molecular weight excluding hydrogens is 240 g/mol. The molecule has 0 saturated carbocycles. The molecule has 1 saturated heterocycles. The van der Waals surface area contributed by atoms with Crippen LogP contribution in [0.3, 0.4) is 0 Å². The Balaban J connectivity index is 2.17.